The van der Waals surface area contributed by atoms with Gasteiger partial charge in [0.1, 0.15) is 5.82 Å². The van der Waals surface area contributed by atoms with Crippen molar-refractivity contribution in [2.24, 2.45) is 13.0 Å². The number of nitrogens with zero attached hydrogens (tertiary/aromatic N) is 3. The van der Waals surface area contributed by atoms with Crippen LogP contribution in [0.2, 0.25) is 0 Å². The normalized spacial score (nSPS) is 20.0. The lowest BCUT2D eigenvalue weighted by Crippen LogP contribution is -2.37. The number of fused-ring (bicyclic) bond motifs is 1. The van der Waals surface area contributed by atoms with Gasteiger partial charge in [-0.1, -0.05) is 20.8 Å². The van der Waals surface area contributed by atoms with Crippen molar-refractivity contribution in [1.82, 2.24) is 19.2 Å². The molecule has 1 saturated carbocycles. The van der Waals surface area contributed by atoms with Crippen LogP contribution < -0.4 is 5.32 Å². The van der Waals surface area contributed by atoms with Crippen LogP contribution in [0.25, 0.3) is 11.0 Å². The second-order valence-electron chi connectivity index (χ2n) is 8.35. The van der Waals surface area contributed by atoms with Crippen molar-refractivity contribution in [1.29, 1.82) is 0 Å². The van der Waals surface area contributed by atoms with Gasteiger partial charge in [-0.2, -0.15) is 4.31 Å². The van der Waals surface area contributed by atoms with E-state index < -0.39 is 10.0 Å². The molecule has 30 heavy (non-hydrogen) atoms. The van der Waals surface area contributed by atoms with Crippen LogP contribution in [0.4, 0.5) is 0 Å². The molecule has 1 aliphatic rings. The molecule has 1 heterocycles. The third-order valence-electron chi connectivity index (χ3n) is 6.24. The van der Waals surface area contributed by atoms with Gasteiger partial charge in [-0.15, -0.1) is 0 Å². The third kappa shape index (κ3) is 4.86. The first-order valence-electron chi connectivity index (χ1n) is 11.0. The quantitative estimate of drug-likeness (QED) is 0.691. The molecule has 166 valence electrons. The average Bonchev–Trinajstić information content (AvgIpc) is 3.04. The van der Waals surface area contributed by atoms with Crippen molar-refractivity contribution in [3.63, 3.8) is 0 Å². The van der Waals surface area contributed by atoms with Gasteiger partial charge in [0.15, 0.2) is 0 Å². The Kier molecular flexibility index (Phi) is 7.18. The van der Waals surface area contributed by atoms with E-state index in [1.54, 1.807) is 18.2 Å². The van der Waals surface area contributed by atoms with Crippen LogP contribution in [-0.2, 0) is 28.3 Å². The number of carbonyl (C=O) groups is 1. The Morgan fingerprint density at radius 3 is 2.50 bits per heavy atom. The second kappa shape index (κ2) is 9.47. The SMILES string of the molecule is CCN(CC)S(=O)(=O)c1ccc2c(c1)nc(CCC(=O)NC1CCC(C)CC1)n2C. The Morgan fingerprint density at radius 1 is 1.20 bits per heavy atom. The van der Waals surface area contributed by atoms with Crippen LogP contribution in [0.5, 0.6) is 0 Å². The maximum atomic E-state index is 12.8. The highest BCUT2D eigenvalue weighted by molar-refractivity contribution is 7.89. The molecule has 1 amide bonds. The molecule has 1 N–H and O–H groups in total. The van der Waals surface area contributed by atoms with E-state index in [4.69, 9.17) is 0 Å². The zero-order chi connectivity index (χ0) is 21.9. The van der Waals surface area contributed by atoms with Gasteiger partial charge >= 0.3 is 0 Å². The van der Waals surface area contributed by atoms with E-state index in [2.05, 4.69) is 17.2 Å². The number of hydrogen-bond donors (Lipinski definition) is 1. The summed E-state index contributed by atoms with van der Waals surface area (Å²) in [4.78, 5) is 17.3. The Hall–Kier alpha value is -1.93. The maximum Gasteiger partial charge on any atom is 0.243 e. The summed E-state index contributed by atoms with van der Waals surface area (Å²) >= 11 is 0. The van der Waals surface area contributed by atoms with Gasteiger partial charge in [0.2, 0.25) is 15.9 Å². The number of nitrogens with one attached hydrogen (secondary N) is 1. The molecule has 1 fully saturated rings. The smallest absolute Gasteiger partial charge is 0.243 e. The molecule has 0 saturated heterocycles. The Labute approximate surface area is 179 Å². The zero-order valence-electron chi connectivity index (χ0n) is 18.5. The van der Waals surface area contributed by atoms with Crippen LogP contribution in [0.15, 0.2) is 23.1 Å². The zero-order valence-corrected chi connectivity index (χ0v) is 19.3. The van der Waals surface area contributed by atoms with E-state index in [0.717, 1.165) is 30.1 Å². The van der Waals surface area contributed by atoms with Crippen LogP contribution in [0, 0.1) is 5.92 Å². The van der Waals surface area contributed by atoms with Gasteiger partial charge in [0, 0.05) is 39.0 Å². The highest BCUT2D eigenvalue weighted by Crippen LogP contribution is 2.24. The molecular weight excluding hydrogens is 400 g/mol. The molecule has 1 aromatic heterocycles. The molecule has 7 nitrogen and oxygen atoms in total. The summed E-state index contributed by atoms with van der Waals surface area (Å²) in [6.07, 6.45) is 5.38. The number of imidazole rings is 1. The molecule has 8 heteroatoms. The summed E-state index contributed by atoms with van der Waals surface area (Å²) in [7, 11) is -1.62. The fraction of sp³-hybridized carbons (Fsp3) is 0.636. The summed E-state index contributed by atoms with van der Waals surface area (Å²) in [6, 6.07) is 5.36. The molecule has 0 atom stereocenters. The van der Waals surface area contributed by atoms with Gasteiger partial charge in [-0.25, -0.2) is 13.4 Å². The molecule has 0 unspecified atom stereocenters. The molecule has 1 aromatic carbocycles. The summed E-state index contributed by atoms with van der Waals surface area (Å²) < 4.78 is 29.0. The van der Waals surface area contributed by atoms with E-state index in [1.165, 1.54) is 17.1 Å². The lowest BCUT2D eigenvalue weighted by molar-refractivity contribution is -0.122. The van der Waals surface area contributed by atoms with Crippen molar-refractivity contribution in [2.45, 2.75) is 70.2 Å². The van der Waals surface area contributed by atoms with Gasteiger partial charge in [0.25, 0.3) is 0 Å². The van der Waals surface area contributed by atoms with Crippen molar-refractivity contribution >= 4 is 27.0 Å². The number of sulfonamides is 1. The standard InChI is InChI=1S/C22H34N4O3S/c1-5-26(6-2)30(28,29)18-11-12-20-19(15-18)24-21(25(20)4)13-14-22(27)23-17-9-7-16(3)8-10-17/h11-12,15-17H,5-10,13-14H2,1-4H3,(H,23,27). The first-order valence-corrected chi connectivity index (χ1v) is 12.4. The average molecular weight is 435 g/mol. The van der Waals surface area contributed by atoms with Crippen molar-refractivity contribution in [3.8, 4) is 0 Å². The second-order valence-corrected chi connectivity index (χ2v) is 10.3. The van der Waals surface area contributed by atoms with Crippen molar-refractivity contribution in [2.75, 3.05) is 13.1 Å². The van der Waals surface area contributed by atoms with Crippen LogP contribution in [-0.4, -0.2) is 47.3 Å². The molecule has 0 spiro atoms. The van der Waals surface area contributed by atoms with E-state index in [1.807, 2.05) is 25.5 Å². The molecule has 0 bridgehead atoms. The van der Waals surface area contributed by atoms with Crippen molar-refractivity contribution in [3.05, 3.63) is 24.0 Å². The first-order chi connectivity index (χ1) is 14.3. The highest BCUT2D eigenvalue weighted by atomic mass is 32.2. The predicted octanol–water partition coefficient (Wildman–Crippen LogP) is 3.23. The lowest BCUT2D eigenvalue weighted by Gasteiger charge is -2.26. The molecular formula is C22H34N4O3S. The molecule has 0 aliphatic heterocycles. The largest absolute Gasteiger partial charge is 0.353 e. The minimum Gasteiger partial charge on any atom is -0.353 e. The summed E-state index contributed by atoms with van der Waals surface area (Å²) in [5.74, 6) is 1.61. The van der Waals surface area contributed by atoms with Crippen molar-refractivity contribution < 1.29 is 13.2 Å². The van der Waals surface area contributed by atoms with Gasteiger partial charge in [-0.3, -0.25) is 4.79 Å². The van der Waals surface area contributed by atoms with E-state index in [9.17, 15) is 13.2 Å². The number of benzene rings is 1. The minimum absolute atomic E-state index is 0.0615. The number of aromatic nitrogens is 2. The Bertz CT molecular complexity index is 987. The molecule has 3 rings (SSSR count). The fourth-order valence-electron chi connectivity index (χ4n) is 4.26. The van der Waals surface area contributed by atoms with E-state index in [0.29, 0.717) is 37.5 Å². The predicted molar refractivity (Wildman–Crippen MR) is 119 cm³/mol. The summed E-state index contributed by atoms with van der Waals surface area (Å²) in [5.41, 5.74) is 1.51. The number of hydrogen-bond acceptors (Lipinski definition) is 4. The van der Waals surface area contributed by atoms with Gasteiger partial charge in [0.05, 0.1) is 15.9 Å². The maximum absolute atomic E-state index is 12.8. The molecule has 2 aromatic rings. The third-order valence-corrected chi connectivity index (χ3v) is 8.29. The lowest BCUT2D eigenvalue weighted by atomic mass is 9.87. The molecule has 0 radical (unpaired) electrons. The summed E-state index contributed by atoms with van der Waals surface area (Å²) in [5, 5.41) is 3.16. The summed E-state index contributed by atoms with van der Waals surface area (Å²) in [6.45, 7) is 6.79. The monoisotopic (exact) mass is 434 g/mol. The fourth-order valence-corrected chi connectivity index (χ4v) is 5.73. The van der Waals surface area contributed by atoms with Gasteiger partial charge < -0.3 is 9.88 Å². The topological polar surface area (TPSA) is 84.3 Å². The Balaban J connectivity index is 1.70. The Morgan fingerprint density at radius 2 is 1.87 bits per heavy atom. The number of carbonyl (C=O) groups excluding carboxylic acids is 1. The number of amides is 1. The van der Waals surface area contributed by atoms with Crippen LogP contribution >= 0.6 is 0 Å². The number of rotatable bonds is 8. The van der Waals surface area contributed by atoms with Crippen LogP contribution in [0.1, 0.15) is 58.7 Å². The van der Waals surface area contributed by atoms with E-state index in [-0.39, 0.29) is 10.8 Å². The van der Waals surface area contributed by atoms with Gasteiger partial charge in [-0.05, 0) is 49.8 Å². The van der Waals surface area contributed by atoms with E-state index >= 15 is 0 Å². The highest BCUT2D eigenvalue weighted by Gasteiger charge is 2.23. The van der Waals surface area contributed by atoms with Crippen LogP contribution in [0.3, 0.4) is 0 Å². The first kappa shape index (κ1) is 22.7. The minimum atomic E-state index is -3.52. The number of aryl methyl sites for hydroxylation is 2. The molecule has 1 aliphatic carbocycles.